The van der Waals surface area contributed by atoms with Crippen molar-refractivity contribution in [3.63, 3.8) is 0 Å². The Labute approximate surface area is 172 Å². The number of anilines is 1. The minimum atomic E-state index is -3.40. The van der Waals surface area contributed by atoms with Gasteiger partial charge in [0.25, 0.3) is 5.91 Å². The summed E-state index contributed by atoms with van der Waals surface area (Å²) in [6.45, 7) is 1.81. The zero-order valence-electron chi connectivity index (χ0n) is 15.6. The molecule has 152 valence electrons. The number of halogens is 2. The van der Waals surface area contributed by atoms with E-state index >= 15 is 0 Å². The van der Waals surface area contributed by atoms with Crippen LogP contribution >= 0.6 is 11.6 Å². The van der Waals surface area contributed by atoms with Crippen molar-refractivity contribution < 1.29 is 17.6 Å². The quantitative estimate of drug-likeness (QED) is 0.620. The molecule has 3 aromatic rings. The van der Waals surface area contributed by atoms with Crippen LogP contribution < -0.4 is 10.0 Å². The molecular weight excluding hydrogens is 419 g/mol. The van der Waals surface area contributed by atoms with E-state index in [2.05, 4.69) is 15.1 Å². The summed E-state index contributed by atoms with van der Waals surface area (Å²) < 4.78 is 39.6. The molecule has 0 aliphatic rings. The molecule has 29 heavy (non-hydrogen) atoms. The van der Waals surface area contributed by atoms with Crippen molar-refractivity contribution in [2.45, 2.75) is 13.5 Å². The van der Waals surface area contributed by atoms with E-state index in [-0.39, 0.29) is 23.1 Å². The third-order valence-electron chi connectivity index (χ3n) is 3.99. The summed E-state index contributed by atoms with van der Waals surface area (Å²) in [6.07, 6.45) is 1.06. The number of rotatable bonds is 6. The highest BCUT2D eigenvalue weighted by Gasteiger charge is 2.21. The molecule has 0 fully saturated rings. The highest BCUT2D eigenvalue weighted by atomic mass is 35.5. The molecule has 0 atom stereocenters. The van der Waals surface area contributed by atoms with Gasteiger partial charge in [-0.15, -0.1) is 0 Å². The van der Waals surface area contributed by atoms with Gasteiger partial charge in [-0.25, -0.2) is 17.5 Å². The van der Waals surface area contributed by atoms with Gasteiger partial charge in [-0.3, -0.25) is 9.52 Å². The SMILES string of the molecule is Cc1nn(-c2ccc(F)cc2)c(Cl)c1C(=O)NCc1cccc(NS(C)(=O)=O)c1. The largest absolute Gasteiger partial charge is 0.348 e. The van der Waals surface area contributed by atoms with Gasteiger partial charge in [0.1, 0.15) is 11.0 Å². The molecule has 0 aliphatic heterocycles. The van der Waals surface area contributed by atoms with Crippen molar-refractivity contribution in [3.8, 4) is 5.69 Å². The zero-order valence-corrected chi connectivity index (χ0v) is 17.2. The van der Waals surface area contributed by atoms with Crippen molar-refractivity contribution >= 4 is 33.2 Å². The summed E-state index contributed by atoms with van der Waals surface area (Å²) in [6, 6.07) is 12.2. The normalized spacial score (nSPS) is 11.3. The van der Waals surface area contributed by atoms with Gasteiger partial charge in [0.15, 0.2) is 0 Å². The average molecular weight is 437 g/mol. The van der Waals surface area contributed by atoms with Crippen LogP contribution in [0.25, 0.3) is 5.69 Å². The fourth-order valence-corrected chi connectivity index (χ4v) is 3.65. The van der Waals surface area contributed by atoms with Crippen molar-refractivity contribution in [1.29, 1.82) is 0 Å². The lowest BCUT2D eigenvalue weighted by Gasteiger charge is -2.08. The summed E-state index contributed by atoms with van der Waals surface area (Å²) in [5.41, 5.74) is 2.26. The molecule has 10 heteroatoms. The van der Waals surface area contributed by atoms with E-state index in [1.807, 2.05) is 0 Å². The highest BCUT2D eigenvalue weighted by Crippen LogP contribution is 2.24. The first-order valence-electron chi connectivity index (χ1n) is 8.50. The van der Waals surface area contributed by atoms with Crippen LogP contribution in [0, 0.1) is 12.7 Å². The number of hydrogen-bond acceptors (Lipinski definition) is 4. The number of amides is 1. The number of carbonyl (C=O) groups excluding carboxylic acids is 1. The molecule has 1 aromatic heterocycles. The third kappa shape index (κ3) is 5.12. The van der Waals surface area contributed by atoms with E-state index in [4.69, 9.17) is 11.6 Å². The second-order valence-electron chi connectivity index (χ2n) is 6.40. The lowest BCUT2D eigenvalue weighted by Crippen LogP contribution is -2.23. The van der Waals surface area contributed by atoms with Gasteiger partial charge in [-0.05, 0) is 48.9 Å². The van der Waals surface area contributed by atoms with Gasteiger partial charge in [-0.1, -0.05) is 23.7 Å². The van der Waals surface area contributed by atoms with E-state index < -0.39 is 15.9 Å². The number of nitrogens with one attached hydrogen (secondary N) is 2. The molecule has 0 spiro atoms. The fraction of sp³-hybridized carbons (Fsp3) is 0.158. The average Bonchev–Trinajstić information content (AvgIpc) is 2.94. The van der Waals surface area contributed by atoms with Crippen LogP contribution in [-0.4, -0.2) is 30.4 Å². The number of sulfonamides is 1. The molecule has 0 bridgehead atoms. The number of carbonyl (C=O) groups is 1. The fourth-order valence-electron chi connectivity index (χ4n) is 2.74. The maximum atomic E-state index is 13.1. The van der Waals surface area contributed by atoms with Gasteiger partial charge in [0.05, 0.1) is 23.2 Å². The molecule has 1 amide bonds. The Kier molecular flexibility index (Phi) is 5.90. The predicted octanol–water partition coefficient (Wildman–Crippen LogP) is 3.27. The number of aryl methyl sites for hydroxylation is 1. The summed E-state index contributed by atoms with van der Waals surface area (Å²) in [7, 11) is -3.40. The zero-order chi connectivity index (χ0) is 21.2. The van der Waals surface area contributed by atoms with Gasteiger partial charge in [0, 0.05) is 12.2 Å². The molecule has 0 radical (unpaired) electrons. The monoisotopic (exact) mass is 436 g/mol. The van der Waals surface area contributed by atoms with Crippen LogP contribution in [0.15, 0.2) is 48.5 Å². The van der Waals surface area contributed by atoms with Gasteiger partial charge >= 0.3 is 0 Å². The molecule has 0 unspecified atom stereocenters. The van der Waals surface area contributed by atoms with Crippen LogP contribution in [0.5, 0.6) is 0 Å². The maximum absolute atomic E-state index is 13.1. The van der Waals surface area contributed by atoms with Crippen LogP contribution in [0.2, 0.25) is 5.15 Å². The van der Waals surface area contributed by atoms with Crippen LogP contribution in [-0.2, 0) is 16.6 Å². The minimum Gasteiger partial charge on any atom is -0.348 e. The van der Waals surface area contributed by atoms with Crippen molar-refractivity contribution in [2.24, 2.45) is 0 Å². The van der Waals surface area contributed by atoms with Crippen LogP contribution in [0.3, 0.4) is 0 Å². The molecule has 0 saturated heterocycles. The van der Waals surface area contributed by atoms with Gasteiger partial charge in [-0.2, -0.15) is 5.10 Å². The van der Waals surface area contributed by atoms with Crippen molar-refractivity contribution in [3.05, 3.63) is 76.3 Å². The first-order valence-corrected chi connectivity index (χ1v) is 10.8. The van der Waals surface area contributed by atoms with Gasteiger partial charge < -0.3 is 5.32 Å². The second kappa shape index (κ2) is 8.22. The molecule has 2 N–H and O–H groups in total. The summed E-state index contributed by atoms with van der Waals surface area (Å²) in [5, 5.41) is 7.12. The van der Waals surface area contributed by atoms with Crippen LogP contribution in [0.4, 0.5) is 10.1 Å². The van der Waals surface area contributed by atoms with Crippen molar-refractivity contribution in [2.75, 3.05) is 11.0 Å². The summed E-state index contributed by atoms with van der Waals surface area (Å²) >= 11 is 6.35. The van der Waals surface area contributed by atoms with E-state index in [0.717, 1.165) is 6.26 Å². The second-order valence-corrected chi connectivity index (χ2v) is 8.50. The minimum absolute atomic E-state index is 0.110. The lowest BCUT2D eigenvalue weighted by atomic mass is 10.2. The molecule has 7 nitrogen and oxygen atoms in total. The Morgan fingerprint density at radius 3 is 2.55 bits per heavy atom. The molecule has 2 aromatic carbocycles. The van der Waals surface area contributed by atoms with E-state index in [0.29, 0.717) is 22.6 Å². The number of nitrogens with zero attached hydrogens (tertiary/aromatic N) is 2. The van der Waals surface area contributed by atoms with Crippen molar-refractivity contribution in [1.82, 2.24) is 15.1 Å². The van der Waals surface area contributed by atoms with Crippen LogP contribution in [0.1, 0.15) is 21.6 Å². The first kappa shape index (κ1) is 20.8. The molecule has 3 rings (SSSR count). The van der Waals surface area contributed by atoms with Gasteiger partial charge in [0.2, 0.25) is 10.0 Å². The van der Waals surface area contributed by atoms with E-state index in [1.54, 1.807) is 31.2 Å². The molecule has 1 heterocycles. The summed E-state index contributed by atoms with van der Waals surface area (Å²) in [4.78, 5) is 12.7. The maximum Gasteiger partial charge on any atom is 0.256 e. The lowest BCUT2D eigenvalue weighted by molar-refractivity contribution is 0.0950. The highest BCUT2D eigenvalue weighted by molar-refractivity contribution is 7.92. The Bertz CT molecular complexity index is 1160. The third-order valence-corrected chi connectivity index (χ3v) is 4.94. The van der Waals surface area contributed by atoms with E-state index in [9.17, 15) is 17.6 Å². The number of benzene rings is 2. The smallest absolute Gasteiger partial charge is 0.256 e. The van der Waals surface area contributed by atoms with E-state index in [1.165, 1.54) is 28.9 Å². The number of hydrogen-bond donors (Lipinski definition) is 2. The topological polar surface area (TPSA) is 93.1 Å². The first-order chi connectivity index (χ1) is 13.6. The summed E-state index contributed by atoms with van der Waals surface area (Å²) in [5.74, 6) is -0.818. The standard InChI is InChI=1S/C19H18ClFN4O3S/c1-12-17(18(20)25(23-12)16-8-6-14(21)7-9-16)19(26)22-11-13-4-3-5-15(10-13)24-29(2,27)28/h3-10,24H,11H2,1-2H3,(H,22,26). The molecular formula is C19H18ClFN4O3S. The number of aromatic nitrogens is 2. The molecule has 0 saturated carbocycles. The molecule has 0 aliphatic carbocycles. The predicted molar refractivity (Wildman–Crippen MR) is 109 cm³/mol. The Balaban J connectivity index is 1.77. The Morgan fingerprint density at radius 2 is 1.90 bits per heavy atom. The Hall–Kier alpha value is -2.91. The Morgan fingerprint density at radius 1 is 1.21 bits per heavy atom.